The van der Waals surface area contributed by atoms with Gasteiger partial charge in [-0.1, -0.05) is 13.0 Å². The molecule has 0 aliphatic heterocycles. The molecule has 86 valence electrons. The molecule has 0 atom stereocenters. The summed E-state index contributed by atoms with van der Waals surface area (Å²) in [5.74, 6) is -0.100. The molecule has 4 N–H and O–H groups in total. The van der Waals surface area contributed by atoms with Crippen LogP contribution in [0.1, 0.15) is 12.5 Å². The molecule has 1 rings (SSSR count). The number of aromatic hydroxyl groups is 2. The molecule has 0 unspecified atom stereocenters. The fraction of sp³-hybridized carbons (Fsp3) is 0.250. The van der Waals surface area contributed by atoms with Gasteiger partial charge >= 0.3 is 10.4 Å². The minimum Gasteiger partial charge on any atom is -0.504 e. The van der Waals surface area contributed by atoms with Gasteiger partial charge in [0, 0.05) is 0 Å². The van der Waals surface area contributed by atoms with Gasteiger partial charge in [-0.2, -0.15) is 8.42 Å². The van der Waals surface area contributed by atoms with Crippen molar-refractivity contribution in [3.05, 3.63) is 23.8 Å². The molecule has 7 heteroatoms. The van der Waals surface area contributed by atoms with Gasteiger partial charge in [0.25, 0.3) is 0 Å². The Labute approximate surface area is 87.4 Å². The third-order valence-corrected chi connectivity index (χ3v) is 1.45. The average molecular weight is 236 g/mol. The Hall–Kier alpha value is -1.31. The van der Waals surface area contributed by atoms with Gasteiger partial charge in [-0.25, -0.2) is 0 Å². The molecule has 0 aliphatic carbocycles. The molecule has 0 spiro atoms. The zero-order chi connectivity index (χ0) is 12.1. The van der Waals surface area contributed by atoms with E-state index in [1.165, 1.54) is 6.07 Å². The molecule has 15 heavy (non-hydrogen) atoms. The molecule has 0 bridgehead atoms. The van der Waals surface area contributed by atoms with E-state index in [9.17, 15) is 0 Å². The summed E-state index contributed by atoms with van der Waals surface area (Å²) in [6.45, 7) is 1.99. The van der Waals surface area contributed by atoms with Crippen molar-refractivity contribution >= 4 is 10.4 Å². The number of benzene rings is 1. The first-order valence-electron chi connectivity index (χ1n) is 3.94. The predicted molar refractivity (Wildman–Crippen MR) is 53.3 cm³/mol. The van der Waals surface area contributed by atoms with E-state index < -0.39 is 10.4 Å². The van der Waals surface area contributed by atoms with E-state index in [-0.39, 0.29) is 11.5 Å². The average Bonchev–Trinajstić information content (AvgIpc) is 2.07. The van der Waals surface area contributed by atoms with Gasteiger partial charge in [-0.05, 0) is 24.1 Å². The van der Waals surface area contributed by atoms with Crippen molar-refractivity contribution in [1.29, 1.82) is 0 Å². The number of hydrogen-bond acceptors (Lipinski definition) is 4. The molecule has 0 fully saturated rings. The number of phenols is 2. The molecule has 0 heterocycles. The summed E-state index contributed by atoms with van der Waals surface area (Å²) in [5, 5.41) is 17.9. The quantitative estimate of drug-likeness (QED) is 0.427. The van der Waals surface area contributed by atoms with Crippen LogP contribution in [0, 0.1) is 0 Å². The number of aryl methyl sites for hydroxylation is 1. The summed E-state index contributed by atoms with van der Waals surface area (Å²) in [6, 6.07) is 4.85. The first-order chi connectivity index (χ1) is 6.74. The highest BCUT2D eigenvalue weighted by molar-refractivity contribution is 7.79. The summed E-state index contributed by atoms with van der Waals surface area (Å²) in [7, 11) is -4.67. The van der Waals surface area contributed by atoms with Gasteiger partial charge in [0.1, 0.15) is 0 Å². The summed E-state index contributed by atoms with van der Waals surface area (Å²) in [5.41, 5.74) is 1.02. The maximum Gasteiger partial charge on any atom is 0.394 e. The molecule has 0 aliphatic rings. The van der Waals surface area contributed by atoms with E-state index in [0.717, 1.165) is 12.0 Å². The van der Waals surface area contributed by atoms with Crippen LogP contribution in [0.2, 0.25) is 0 Å². The molecule has 0 aromatic heterocycles. The Bertz CT molecular complexity index is 403. The summed E-state index contributed by atoms with van der Waals surface area (Å²) >= 11 is 0. The first kappa shape index (κ1) is 13.7. The van der Waals surface area contributed by atoms with Crippen LogP contribution in [0.25, 0.3) is 0 Å². The number of rotatable bonds is 1. The fourth-order valence-electron chi connectivity index (χ4n) is 0.789. The zero-order valence-corrected chi connectivity index (χ0v) is 8.77. The smallest absolute Gasteiger partial charge is 0.394 e. The van der Waals surface area contributed by atoms with Crippen molar-refractivity contribution in [2.24, 2.45) is 0 Å². The van der Waals surface area contributed by atoms with Gasteiger partial charge in [0.05, 0.1) is 0 Å². The van der Waals surface area contributed by atoms with Crippen molar-refractivity contribution in [2.75, 3.05) is 0 Å². The van der Waals surface area contributed by atoms with E-state index in [1.54, 1.807) is 12.1 Å². The van der Waals surface area contributed by atoms with E-state index in [1.807, 2.05) is 6.92 Å². The van der Waals surface area contributed by atoms with E-state index in [0.29, 0.717) is 0 Å². The maximum absolute atomic E-state index is 8.98. The maximum atomic E-state index is 8.98. The summed E-state index contributed by atoms with van der Waals surface area (Å²) < 4.78 is 31.6. The largest absolute Gasteiger partial charge is 0.504 e. The summed E-state index contributed by atoms with van der Waals surface area (Å²) in [4.78, 5) is 0. The predicted octanol–water partition coefficient (Wildman–Crippen LogP) is 1.01. The zero-order valence-electron chi connectivity index (χ0n) is 7.95. The minimum atomic E-state index is -4.67. The molecular formula is C8H12O6S. The molecule has 0 saturated heterocycles. The fourth-order valence-corrected chi connectivity index (χ4v) is 0.789. The monoisotopic (exact) mass is 236 g/mol. The molecule has 6 nitrogen and oxygen atoms in total. The molecule has 0 amide bonds. The lowest BCUT2D eigenvalue weighted by molar-refractivity contribution is 0.381. The normalized spacial score (nSPS) is 10.3. The summed E-state index contributed by atoms with van der Waals surface area (Å²) in [6.07, 6.45) is 0.869. The molecular weight excluding hydrogens is 224 g/mol. The molecule has 1 aromatic rings. The molecule has 0 saturated carbocycles. The number of hydrogen-bond donors (Lipinski definition) is 4. The Morgan fingerprint density at radius 1 is 1.13 bits per heavy atom. The lowest BCUT2D eigenvalue weighted by Gasteiger charge is -1.98. The van der Waals surface area contributed by atoms with Crippen LogP contribution < -0.4 is 0 Å². The van der Waals surface area contributed by atoms with Crippen LogP contribution in [0.3, 0.4) is 0 Å². The third kappa shape index (κ3) is 7.74. The Morgan fingerprint density at radius 2 is 1.60 bits per heavy atom. The molecule has 1 aromatic carbocycles. The standard InChI is InChI=1S/C8H10O2.H2O4S/c1-2-6-3-4-7(9)8(10)5-6;1-5(2,3)4/h3-5,9-10H,2H2,1H3;(H2,1,2,3,4). The highest BCUT2D eigenvalue weighted by Gasteiger charge is 1.97. The lowest BCUT2D eigenvalue weighted by Crippen LogP contribution is -1.89. The van der Waals surface area contributed by atoms with Gasteiger partial charge in [0.15, 0.2) is 11.5 Å². The van der Waals surface area contributed by atoms with Crippen molar-refractivity contribution in [3.8, 4) is 11.5 Å². The highest BCUT2D eigenvalue weighted by Crippen LogP contribution is 2.24. The lowest BCUT2D eigenvalue weighted by atomic mass is 10.1. The van der Waals surface area contributed by atoms with Crippen molar-refractivity contribution in [1.82, 2.24) is 0 Å². The van der Waals surface area contributed by atoms with Crippen LogP contribution in [0.5, 0.6) is 11.5 Å². The molecule has 0 radical (unpaired) electrons. The van der Waals surface area contributed by atoms with Crippen LogP contribution in [0.4, 0.5) is 0 Å². The van der Waals surface area contributed by atoms with Crippen LogP contribution >= 0.6 is 0 Å². The third-order valence-electron chi connectivity index (χ3n) is 1.45. The Kier molecular flexibility index (Phi) is 5.06. The second kappa shape index (κ2) is 5.54. The van der Waals surface area contributed by atoms with E-state index >= 15 is 0 Å². The SMILES string of the molecule is CCc1ccc(O)c(O)c1.O=S(=O)(O)O. The second-order valence-electron chi connectivity index (χ2n) is 2.62. The van der Waals surface area contributed by atoms with E-state index in [2.05, 4.69) is 0 Å². The van der Waals surface area contributed by atoms with Gasteiger partial charge in [-0.3, -0.25) is 9.11 Å². The second-order valence-corrected chi connectivity index (χ2v) is 3.52. The minimum absolute atomic E-state index is 0.0423. The highest BCUT2D eigenvalue weighted by atomic mass is 32.3. The van der Waals surface area contributed by atoms with Crippen LogP contribution in [-0.4, -0.2) is 27.7 Å². The first-order valence-corrected chi connectivity index (χ1v) is 5.34. The number of phenolic OH excluding ortho intramolecular Hbond substituents is 2. The van der Waals surface area contributed by atoms with Crippen molar-refractivity contribution in [2.45, 2.75) is 13.3 Å². The van der Waals surface area contributed by atoms with Crippen molar-refractivity contribution in [3.63, 3.8) is 0 Å². The van der Waals surface area contributed by atoms with Crippen molar-refractivity contribution < 1.29 is 27.7 Å². The Balaban J connectivity index is 0.000000336. The van der Waals surface area contributed by atoms with Crippen LogP contribution in [-0.2, 0) is 16.8 Å². The van der Waals surface area contributed by atoms with Gasteiger partial charge < -0.3 is 10.2 Å². The Morgan fingerprint density at radius 3 is 1.93 bits per heavy atom. The van der Waals surface area contributed by atoms with E-state index in [4.69, 9.17) is 27.7 Å². The topological polar surface area (TPSA) is 115 Å². The van der Waals surface area contributed by atoms with Gasteiger partial charge in [-0.15, -0.1) is 0 Å². The van der Waals surface area contributed by atoms with Crippen LogP contribution in [0.15, 0.2) is 18.2 Å². The van der Waals surface area contributed by atoms with Gasteiger partial charge in [0.2, 0.25) is 0 Å².